The Hall–Kier alpha value is -0.340. The summed E-state index contributed by atoms with van der Waals surface area (Å²) in [7, 11) is 0. The van der Waals surface area contributed by atoms with Crippen LogP contribution in [0.25, 0.3) is 0 Å². The molecule has 3 N–H and O–H groups in total. The van der Waals surface area contributed by atoms with E-state index in [1.165, 1.54) is 18.4 Å². The van der Waals surface area contributed by atoms with Crippen molar-refractivity contribution < 1.29 is 5.11 Å². The van der Waals surface area contributed by atoms with Crippen LogP contribution >= 0.6 is 39.9 Å². The Morgan fingerprint density at radius 1 is 1.39 bits per heavy atom. The molecule has 0 aromatic heterocycles. The fourth-order valence-electron chi connectivity index (χ4n) is 2.41. The van der Waals surface area contributed by atoms with Crippen LogP contribution in [0.15, 0.2) is 33.7 Å². The summed E-state index contributed by atoms with van der Waals surface area (Å²) in [6.07, 6.45) is 2.39. The molecular weight excluding hydrogens is 469 g/mol. The van der Waals surface area contributed by atoms with Crippen LogP contribution in [0.2, 0.25) is 0 Å². The number of halogens is 2. The normalized spacial score (nSPS) is 17.1. The predicted molar refractivity (Wildman–Crippen MR) is 111 cm³/mol. The van der Waals surface area contributed by atoms with Crippen LogP contribution in [0, 0.1) is 5.92 Å². The van der Waals surface area contributed by atoms with E-state index < -0.39 is 0 Å². The zero-order chi connectivity index (χ0) is 16.0. The molecule has 130 valence electrons. The monoisotopic (exact) mass is 495 g/mol. The van der Waals surface area contributed by atoms with Gasteiger partial charge in [0.15, 0.2) is 5.96 Å². The Morgan fingerprint density at radius 3 is 2.70 bits per heavy atom. The van der Waals surface area contributed by atoms with Crippen LogP contribution in [0.5, 0.6) is 0 Å². The molecule has 0 saturated heterocycles. The molecule has 1 unspecified atom stereocenters. The molecule has 0 spiro atoms. The van der Waals surface area contributed by atoms with Crippen LogP contribution in [0.3, 0.4) is 0 Å². The number of nitrogens with one attached hydrogen (secondary N) is 2. The molecular formula is C17H27BrIN3O. The summed E-state index contributed by atoms with van der Waals surface area (Å²) in [5.74, 6) is 1.06. The van der Waals surface area contributed by atoms with Gasteiger partial charge in [0.05, 0.1) is 6.54 Å². The number of guanidine groups is 1. The molecule has 1 fully saturated rings. The Morgan fingerprint density at radius 2 is 2.13 bits per heavy atom. The maximum absolute atomic E-state index is 9.12. The largest absolute Gasteiger partial charge is 0.396 e. The minimum atomic E-state index is 0. The van der Waals surface area contributed by atoms with Crippen molar-refractivity contribution in [3.63, 3.8) is 0 Å². The molecule has 0 aliphatic heterocycles. The minimum absolute atomic E-state index is 0. The molecule has 1 atom stereocenters. The van der Waals surface area contributed by atoms with Crippen LogP contribution < -0.4 is 10.6 Å². The average molecular weight is 496 g/mol. The van der Waals surface area contributed by atoms with E-state index in [0.717, 1.165) is 30.1 Å². The van der Waals surface area contributed by atoms with Crippen molar-refractivity contribution in [2.45, 2.75) is 32.1 Å². The molecule has 0 radical (unpaired) electrons. The highest BCUT2D eigenvalue weighted by molar-refractivity contribution is 14.0. The molecule has 1 aliphatic rings. The zero-order valence-electron chi connectivity index (χ0n) is 13.8. The minimum Gasteiger partial charge on any atom is -0.396 e. The van der Waals surface area contributed by atoms with E-state index in [1.807, 2.05) is 6.92 Å². The number of hydrogen-bond acceptors (Lipinski definition) is 2. The van der Waals surface area contributed by atoms with Gasteiger partial charge in [-0.05, 0) is 43.4 Å². The molecule has 1 aliphatic carbocycles. The van der Waals surface area contributed by atoms with Gasteiger partial charge in [-0.15, -0.1) is 24.0 Å². The second-order valence-electron chi connectivity index (χ2n) is 6.15. The summed E-state index contributed by atoms with van der Waals surface area (Å²) in [6, 6.07) is 8.55. The van der Waals surface area contributed by atoms with Crippen molar-refractivity contribution in [2.75, 3.05) is 26.2 Å². The highest BCUT2D eigenvalue weighted by atomic mass is 127. The second kappa shape index (κ2) is 9.84. The van der Waals surface area contributed by atoms with Gasteiger partial charge in [-0.25, -0.2) is 0 Å². The average Bonchev–Trinajstić information content (AvgIpc) is 3.31. The number of aliphatic hydroxyl groups excluding tert-OH is 1. The van der Waals surface area contributed by atoms with E-state index in [9.17, 15) is 0 Å². The van der Waals surface area contributed by atoms with Crippen molar-refractivity contribution in [1.82, 2.24) is 10.6 Å². The molecule has 6 heteroatoms. The smallest absolute Gasteiger partial charge is 0.191 e. The Bertz CT molecular complexity index is 520. The van der Waals surface area contributed by atoms with E-state index in [2.05, 4.69) is 57.8 Å². The van der Waals surface area contributed by atoms with Crippen LogP contribution in [0.4, 0.5) is 0 Å². The van der Waals surface area contributed by atoms with Crippen molar-refractivity contribution in [3.8, 4) is 0 Å². The van der Waals surface area contributed by atoms with Gasteiger partial charge < -0.3 is 15.7 Å². The second-order valence-corrected chi connectivity index (χ2v) is 7.07. The SMILES string of the molecule is CCNC(=NCC1(c2cccc(Br)c2)CC1)NCC(C)CO.I. The number of benzene rings is 1. The van der Waals surface area contributed by atoms with Gasteiger partial charge in [-0.3, -0.25) is 4.99 Å². The number of aliphatic hydroxyl groups is 1. The summed E-state index contributed by atoms with van der Waals surface area (Å²) in [5.41, 5.74) is 1.57. The van der Waals surface area contributed by atoms with Gasteiger partial charge in [0.1, 0.15) is 0 Å². The number of nitrogens with zero attached hydrogens (tertiary/aromatic N) is 1. The van der Waals surface area contributed by atoms with Crippen LogP contribution in [-0.4, -0.2) is 37.3 Å². The molecule has 0 amide bonds. The lowest BCUT2D eigenvalue weighted by Crippen LogP contribution is -2.40. The van der Waals surface area contributed by atoms with Crippen molar-refractivity contribution in [1.29, 1.82) is 0 Å². The van der Waals surface area contributed by atoms with Gasteiger partial charge in [-0.2, -0.15) is 0 Å². The Balaban J connectivity index is 0.00000264. The summed E-state index contributed by atoms with van der Waals surface area (Å²) >= 11 is 3.55. The van der Waals surface area contributed by atoms with Crippen molar-refractivity contribution >= 4 is 45.9 Å². The lowest BCUT2D eigenvalue weighted by atomic mass is 9.96. The van der Waals surface area contributed by atoms with Gasteiger partial charge in [0.25, 0.3) is 0 Å². The Labute approximate surface area is 164 Å². The van der Waals surface area contributed by atoms with Crippen molar-refractivity contribution in [3.05, 3.63) is 34.3 Å². The third kappa shape index (κ3) is 6.23. The molecule has 0 heterocycles. The lowest BCUT2D eigenvalue weighted by molar-refractivity contribution is 0.238. The summed E-state index contributed by atoms with van der Waals surface area (Å²) < 4.78 is 1.13. The maximum Gasteiger partial charge on any atom is 0.191 e. The quantitative estimate of drug-likeness (QED) is 0.309. The van der Waals surface area contributed by atoms with E-state index in [1.54, 1.807) is 0 Å². The van der Waals surface area contributed by atoms with Crippen molar-refractivity contribution in [2.24, 2.45) is 10.9 Å². The number of aliphatic imine (C=N–C) groups is 1. The zero-order valence-corrected chi connectivity index (χ0v) is 17.7. The highest BCUT2D eigenvalue weighted by Crippen LogP contribution is 2.48. The first-order chi connectivity index (χ1) is 10.6. The maximum atomic E-state index is 9.12. The first-order valence-corrected chi connectivity index (χ1v) is 8.78. The molecule has 1 aromatic carbocycles. The standard InChI is InChI=1S/C17H26BrN3O.HI/c1-3-19-16(20-10-13(2)11-22)21-12-17(7-8-17)14-5-4-6-15(18)9-14;/h4-6,9,13,22H,3,7-8,10-12H2,1-2H3,(H2,19,20,21);1H. The third-order valence-corrected chi connectivity index (χ3v) is 4.60. The molecule has 4 nitrogen and oxygen atoms in total. The number of rotatable bonds is 7. The highest BCUT2D eigenvalue weighted by Gasteiger charge is 2.44. The summed E-state index contributed by atoms with van der Waals surface area (Å²) in [4.78, 5) is 4.76. The summed E-state index contributed by atoms with van der Waals surface area (Å²) in [6.45, 7) is 6.63. The van der Waals surface area contributed by atoms with Gasteiger partial charge in [-0.1, -0.05) is 35.0 Å². The van der Waals surface area contributed by atoms with Gasteiger partial charge >= 0.3 is 0 Å². The van der Waals surface area contributed by atoms with Crippen LogP contribution in [0.1, 0.15) is 32.3 Å². The molecule has 1 aromatic rings. The first-order valence-electron chi connectivity index (χ1n) is 7.99. The third-order valence-electron chi connectivity index (χ3n) is 4.10. The molecule has 2 rings (SSSR count). The predicted octanol–water partition coefficient (Wildman–Crippen LogP) is 3.28. The van der Waals surface area contributed by atoms with Crippen LogP contribution in [-0.2, 0) is 5.41 Å². The van der Waals surface area contributed by atoms with Gasteiger partial charge in [0.2, 0.25) is 0 Å². The fraction of sp³-hybridized carbons (Fsp3) is 0.588. The number of hydrogen-bond donors (Lipinski definition) is 3. The molecule has 23 heavy (non-hydrogen) atoms. The molecule has 1 saturated carbocycles. The van der Waals surface area contributed by atoms with Gasteiger partial charge in [0, 0.05) is 29.6 Å². The molecule has 0 bridgehead atoms. The van der Waals surface area contributed by atoms with E-state index in [-0.39, 0.29) is 41.9 Å². The fourth-order valence-corrected chi connectivity index (χ4v) is 2.81. The first kappa shape index (κ1) is 20.7. The van der Waals surface area contributed by atoms with E-state index in [0.29, 0.717) is 0 Å². The lowest BCUT2D eigenvalue weighted by Gasteiger charge is -2.17. The van der Waals surface area contributed by atoms with E-state index in [4.69, 9.17) is 10.1 Å². The van der Waals surface area contributed by atoms with E-state index >= 15 is 0 Å². The summed E-state index contributed by atoms with van der Waals surface area (Å²) in [5, 5.41) is 15.7. The topological polar surface area (TPSA) is 56.7 Å². The Kier molecular flexibility index (Phi) is 8.85.